The molecule has 0 radical (unpaired) electrons. The number of Topliss-reactive ketones (excluding diaryl/α,β-unsaturated/α-hetero) is 2. The van der Waals surface area contributed by atoms with Crippen molar-refractivity contribution in [2.45, 2.75) is 37.5 Å². The molecule has 0 saturated heterocycles. The van der Waals surface area contributed by atoms with Crippen LogP contribution in [0.25, 0.3) is 0 Å². The van der Waals surface area contributed by atoms with Gasteiger partial charge < -0.3 is 4.74 Å². The quantitative estimate of drug-likeness (QED) is 0.578. The first kappa shape index (κ1) is 16.8. The first-order chi connectivity index (χ1) is 11.4. The van der Waals surface area contributed by atoms with E-state index in [1.807, 2.05) is 64.1 Å². The molecule has 2 aromatic carbocycles. The van der Waals surface area contributed by atoms with Gasteiger partial charge in [0.15, 0.2) is 11.6 Å². The largest absolute Gasteiger partial charge is 0.455 e. The van der Waals surface area contributed by atoms with Crippen LogP contribution in [-0.4, -0.2) is 11.6 Å². The third kappa shape index (κ3) is 3.11. The van der Waals surface area contributed by atoms with Crippen molar-refractivity contribution in [3.63, 3.8) is 0 Å². The van der Waals surface area contributed by atoms with Gasteiger partial charge in [0.1, 0.15) is 11.5 Å². The number of carbonyl (C=O) groups excluding carboxylic acids is 2. The lowest BCUT2D eigenvalue weighted by atomic mass is 10.0. The number of ketones is 2. The molecule has 2 aromatic rings. The predicted molar refractivity (Wildman–Crippen MR) is 95.4 cm³/mol. The zero-order chi connectivity index (χ0) is 17.4. The summed E-state index contributed by atoms with van der Waals surface area (Å²) in [6, 6.07) is 11.1. The summed E-state index contributed by atoms with van der Waals surface area (Å²) >= 11 is 1.54. The molecule has 24 heavy (non-hydrogen) atoms. The molecule has 0 bridgehead atoms. The first-order valence-electron chi connectivity index (χ1n) is 8.09. The number of ether oxygens (including phenoxy) is 1. The van der Waals surface area contributed by atoms with Crippen molar-refractivity contribution in [1.29, 1.82) is 0 Å². The molecule has 0 N–H and O–H groups in total. The van der Waals surface area contributed by atoms with E-state index in [-0.39, 0.29) is 23.4 Å². The Morgan fingerprint density at radius 1 is 0.792 bits per heavy atom. The molecular weight excluding hydrogens is 320 g/mol. The molecule has 4 heteroatoms. The Balaban J connectivity index is 1.94. The molecule has 3 nitrogen and oxygen atoms in total. The van der Waals surface area contributed by atoms with Gasteiger partial charge in [-0.3, -0.25) is 9.59 Å². The molecule has 0 saturated carbocycles. The van der Waals surface area contributed by atoms with E-state index < -0.39 is 0 Å². The van der Waals surface area contributed by atoms with Gasteiger partial charge in [-0.05, 0) is 36.4 Å². The second kappa shape index (κ2) is 6.44. The van der Waals surface area contributed by atoms with E-state index in [1.165, 1.54) is 11.8 Å². The molecule has 124 valence electrons. The summed E-state index contributed by atoms with van der Waals surface area (Å²) in [5.41, 5.74) is 1.38. The van der Waals surface area contributed by atoms with Crippen molar-refractivity contribution >= 4 is 23.3 Å². The van der Waals surface area contributed by atoms with Gasteiger partial charge in [0.05, 0.1) is 9.79 Å². The number of fused-ring (bicyclic) bond motifs is 2. The van der Waals surface area contributed by atoms with Crippen molar-refractivity contribution in [2.75, 3.05) is 0 Å². The summed E-state index contributed by atoms with van der Waals surface area (Å²) in [6.45, 7) is 7.57. The highest BCUT2D eigenvalue weighted by atomic mass is 32.2. The van der Waals surface area contributed by atoms with Gasteiger partial charge in [0, 0.05) is 23.0 Å². The van der Waals surface area contributed by atoms with E-state index in [0.29, 0.717) is 11.1 Å². The molecule has 0 aromatic heterocycles. The Morgan fingerprint density at radius 2 is 1.21 bits per heavy atom. The molecule has 3 rings (SSSR count). The standard InChI is InChI=1S/C20H20O3S/c1-11(2)19(21)13-5-7-15-17(9-13)24-18-10-14(20(22)12(3)4)6-8-16(18)23-15/h5-12H,1-4H3. The van der Waals surface area contributed by atoms with Crippen molar-refractivity contribution in [3.05, 3.63) is 47.5 Å². The fourth-order valence-electron chi connectivity index (χ4n) is 2.55. The summed E-state index contributed by atoms with van der Waals surface area (Å²) in [4.78, 5) is 26.2. The van der Waals surface area contributed by atoms with E-state index in [2.05, 4.69) is 0 Å². The average molecular weight is 340 g/mol. The molecule has 1 heterocycles. The van der Waals surface area contributed by atoms with E-state index in [4.69, 9.17) is 4.74 Å². The van der Waals surface area contributed by atoms with Gasteiger partial charge in [-0.25, -0.2) is 0 Å². The SMILES string of the molecule is CC(C)C(=O)c1ccc2c(c1)Sc1cc(C(=O)C(C)C)ccc1O2. The lowest BCUT2D eigenvalue weighted by Crippen LogP contribution is -2.09. The number of rotatable bonds is 4. The van der Waals surface area contributed by atoms with E-state index in [0.717, 1.165) is 21.3 Å². The molecule has 1 aliphatic rings. The van der Waals surface area contributed by atoms with Crippen LogP contribution in [0.1, 0.15) is 48.4 Å². The van der Waals surface area contributed by atoms with Crippen molar-refractivity contribution in [3.8, 4) is 11.5 Å². The Labute approximate surface area is 146 Å². The highest BCUT2D eigenvalue weighted by Gasteiger charge is 2.22. The Kier molecular flexibility index (Phi) is 4.50. The third-order valence-electron chi connectivity index (χ3n) is 3.95. The van der Waals surface area contributed by atoms with Crippen LogP contribution < -0.4 is 4.74 Å². The highest BCUT2D eigenvalue weighted by Crippen LogP contribution is 2.47. The number of hydrogen-bond acceptors (Lipinski definition) is 4. The van der Waals surface area contributed by atoms with Crippen molar-refractivity contribution in [2.24, 2.45) is 11.8 Å². The summed E-state index contributed by atoms with van der Waals surface area (Å²) in [6.07, 6.45) is 0. The van der Waals surface area contributed by atoms with Crippen LogP contribution in [0.4, 0.5) is 0 Å². The van der Waals surface area contributed by atoms with Crippen LogP contribution in [0.2, 0.25) is 0 Å². The van der Waals surface area contributed by atoms with Gasteiger partial charge in [-0.15, -0.1) is 0 Å². The Bertz CT molecular complexity index is 754. The first-order valence-corrected chi connectivity index (χ1v) is 8.90. The normalized spacial score (nSPS) is 12.6. The maximum Gasteiger partial charge on any atom is 0.165 e. The van der Waals surface area contributed by atoms with Crippen LogP contribution in [-0.2, 0) is 0 Å². The average Bonchev–Trinajstić information content (AvgIpc) is 2.57. The third-order valence-corrected chi connectivity index (χ3v) is 5.02. The van der Waals surface area contributed by atoms with Gasteiger partial charge in [0.25, 0.3) is 0 Å². The van der Waals surface area contributed by atoms with E-state index in [1.54, 1.807) is 0 Å². The van der Waals surface area contributed by atoms with Crippen LogP contribution in [0, 0.1) is 11.8 Å². The Hall–Kier alpha value is -2.07. The van der Waals surface area contributed by atoms with E-state index in [9.17, 15) is 9.59 Å². The fourth-order valence-corrected chi connectivity index (χ4v) is 3.58. The summed E-state index contributed by atoms with van der Waals surface area (Å²) < 4.78 is 5.92. The molecular formula is C20H20O3S. The molecule has 0 amide bonds. The maximum atomic E-state index is 12.2. The lowest BCUT2D eigenvalue weighted by Gasteiger charge is -2.21. The zero-order valence-electron chi connectivity index (χ0n) is 14.3. The summed E-state index contributed by atoms with van der Waals surface area (Å²) in [7, 11) is 0. The minimum Gasteiger partial charge on any atom is -0.455 e. The number of hydrogen-bond donors (Lipinski definition) is 0. The summed E-state index contributed by atoms with van der Waals surface area (Å²) in [5.74, 6) is 1.65. The topological polar surface area (TPSA) is 43.4 Å². The molecule has 0 spiro atoms. The number of carbonyl (C=O) groups is 2. The predicted octanol–water partition coefficient (Wildman–Crippen LogP) is 5.62. The van der Waals surface area contributed by atoms with Crippen molar-refractivity contribution in [1.82, 2.24) is 0 Å². The minimum absolute atomic E-state index is 0.0416. The molecule has 0 atom stereocenters. The fraction of sp³-hybridized carbons (Fsp3) is 0.300. The number of benzene rings is 2. The van der Waals surface area contributed by atoms with Gasteiger partial charge in [-0.1, -0.05) is 39.5 Å². The lowest BCUT2D eigenvalue weighted by molar-refractivity contribution is 0.0932. The maximum absolute atomic E-state index is 12.2. The molecule has 0 unspecified atom stereocenters. The van der Waals surface area contributed by atoms with Crippen LogP contribution >= 0.6 is 11.8 Å². The Morgan fingerprint density at radius 3 is 1.58 bits per heavy atom. The summed E-state index contributed by atoms with van der Waals surface area (Å²) in [5, 5.41) is 0. The molecule has 0 fully saturated rings. The molecule has 0 aliphatic carbocycles. The van der Waals surface area contributed by atoms with Crippen LogP contribution in [0.3, 0.4) is 0 Å². The zero-order valence-corrected chi connectivity index (χ0v) is 15.1. The minimum atomic E-state index is -0.0416. The van der Waals surface area contributed by atoms with Gasteiger partial charge in [-0.2, -0.15) is 0 Å². The van der Waals surface area contributed by atoms with Crippen LogP contribution in [0.15, 0.2) is 46.2 Å². The van der Waals surface area contributed by atoms with E-state index >= 15 is 0 Å². The monoisotopic (exact) mass is 340 g/mol. The highest BCUT2D eigenvalue weighted by molar-refractivity contribution is 7.99. The van der Waals surface area contributed by atoms with Crippen LogP contribution in [0.5, 0.6) is 11.5 Å². The van der Waals surface area contributed by atoms with Crippen molar-refractivity contribution < 1.29 is 14.3 Å². The molecule has 1 aliphatic heterocycles. The second-order valence-electron chi connectivity index (χ2n) is 6.57. The second-order valence-corrected chi connectivity index (χ2v) is 7.65. The smallest absolute Gasteiger partial charge is 0.165 e. The van der Waals surface area contributed by atoms with Gasteiger partial charge >= 0.3 is 0 Å². The van der Waals surface area contributed by atoms with Gasteiger partial charge in [0.2, 0.25) is 0 Å².